The lowest BCUT2D eigenvalue weighted by Gasteiger charge is -2.32. The fraction of sp³-hybridized carbons (Fsp3) is 0.370. The molecular weight excluding hydrogens is 478 g/mol. The Morgan fingerprint density at radius 1 is 1.08 bits per heavy atom. The number of amides is 1. The van der Waals surface area contributed by atoms with Gasteiger partial charge in [0, 0.05) is 29.9 Å². The van der Waals surface area contributed by atoms with E-state index in [0.717, 1.165) is 64.6 Å². The number of carboxylic acids is 1. The van der Waals surface area contributed by atoms with E-state index in [1.165, 1.54) is 11.3 Å². The number of nitrogens with zero attached hydrogens (tertiary/aromatic N) is 3. The molecule has 1 aromatic heterocycles. The van der Waals surface area contributed by atoms with Gasteiger partial charge in [-0.2, -0.15) is 0 Å². The lowest BCUT2D eigenvalue weighted by atomic mass is 9.97. The molecule has 3 aliphatic rings. The van der Waals surface area contributed by atoms with E-state index in [-0.39, 0.29) is 5.91 Å². The van der Waals surface area contributed by atoms with Crippen molar-refractivity contribution < 1.29 is 24.2 Å². The molecule has 0 aliphatic carbocycles. The summed E-state index contributed by atoms with van der Waals surface area (Å²) in [6.07, 6.45) is 5.06. The minimum absolute atomic E-state index is 0.113. The van der Waals surface area contributed by atoms with E-state index in [9.17, 15) is 14.7 Å². The second-order valence-electron chi connectivity index (χ2n) is 9.32. The largest absolute Gasteiger partial charge is 0.486 e. The van der Waals surface area contributed by atoms with Crippen LogP contribution < -0.4 is 14.4 Å². The summed E-state index contributed by atoms with van der Waals surface area (Å²) >= 11 is 1.36. The maximum atomic E-state index is 13.5. The van der Waals surface area contributed by atoms with Crippen molar-refractivity contribution in [2.75, 3.05) is 31.2 Å². The number of aromatic nitrogens is 1. The average molecular weight is 506 g/mol. The first-order valence-electron chi connectivity index (χ1n) is 12.3. The molecule has 0 bridgehead atoms. The van der Waals surface area contributed by atoms with Gasteiger partial charge in [0.25, 0.3) is 5.91 Å². The van der Waals surface area contributed by atoms with Crippen molar-refractivity contribution >= 4 is 28.9 Å². The molecule has 3 aromatic rings. The molecule has 3 aliphatic heterocycles. The van der Waals surface area contributed by atoms with Gasteiger partial charge >= 0.3 is 5.97 Å². The first kappa shape index (κ1) is 23.0. The minimum atomic E-state index is -0.780. The molecule has 0 spiro atoms. The number of hydrogen-bond donors (Lipinski definition) is 1. The van der Waals surface area contributed by atoms with Crippen molar-refractivity contribution in [3.63, 3.8) is 0 Å². The Hall–Kier alpha value is -3.43. The third kappa shape index (κ3) is 4.22. The summed E-state index contributed by atoms with van der Waals surface area (Å²) in [7, 11) is 0. The van der Waals surface area contributed by atoms with Gasteiger partial charge in [-0.05, 0) is 60.7 Å². The van der Waals surface area contributed by atoms with Gasteiger partial charge in [0.05, 0.1) is 0 Å². The van der Waals surface area contributed by atoms with Gasteiger partial charge in [0.2, 0.25) is 0 Å². The number of piperidine rings is 1. The number of fused-ring (bicyclic) bond motifs is 2. The molecule has 0 saturated carbocycles. The van der Waals surface area contributed by atoms with Crippen molar-refractivity contribution in [2.24, 2.45) is 0 Å². The van der Waals surface area contributed by atoms with Gasteiger partial charge in [-0.25, -0.2) is 4.98 Å². The van der Waals surface area contributed by atoms with Crippen LogP contribution in [0.5, 0.6) is 11.5 Å². The van der Waals surface area contributed by atoms with Gasteiger partial charge < -0.3 is 19.5 Å². The number of benzene rings is 2. The molecule has 6 rings (SSSR count). The van der Waals surface area contributed by atoms with Gasteiger partial charge in [0.15, 0.2) is 16.5 Å². The third-order valence-electron chi connectivity index (χ3n) is 7.12. The molecular formula is C27H27N3O5S. The molecule has 1 fully saturated rings. The van der Waals surface area contributed by atoms with Crippen LogP contribution in [0.1, 0.15) is 39.5 Å². The van der Waals surface area contributed by atoms with Gasteiger partial charge in [-0.1, -0.05) is 24.6 Å². The van der Waals surface area contributed by atoms with Crippen LogP contribution in [0.2, 0.25) is 0 Å². The highest BCUT2D eigenvalue weighted by molar-refractivity contribution is 7.13. The summed E-state index contributed by atoms with van der Waals surface area (Å²) in [6.45, 7) is 2.95. The lowest BCUT2D eigenvalue weighted by molar-refractivity contribution is -0.144. The normalized spacial score (nSPS) is 19.2. The highest BCUT2D eigenvalue weighted by atomic mass is 32.1. The molecule has 1 amide bonds. The van der Waals surface area contributed by atoms with Crippen molar-refractivity contribution in [2.45, 2.75) is 38.3 Å². The summed E-state index contributed by atoms with van der Waals surface area (Å²) in [5.74, 6) is 0.611. The predicted octanol–water partition coefficient (Wildman–Crippen LogP) is 4.22. The molecule has 9 heteroatoms. The number of carbonyl (C=O) groups is 2. The first-order valence-corrected chi connectivity index (χ1v) is 13.2. The number of rotatable bonds is 5. The zero-order chi connectivity index (χ0) is 24.6. The Kier molecular flexibility index (Phi) is 6.10. The van der Waals surface area contributed by atoms with E-state index in [4.69, 9.17) is 9.47 Å². The maximum Gasteiger partial charge on any atom is 0.320 e. The number of likely N-dealkylation sites (tertiary alicyclic amines) is 1. The van der Waals surface area contributed by atoms with Crippen molar-refractivity contribution in [3.8, 4) is 22.6 Å². The fourth-order valence-electron chi connectivity index (χ4n) is 5.38. The van der Waals surface area contributed by atoms with Crippen LogP contribution in [0.4, 0.5) is 5.69 Å². The summed E-state index contributed by atoms with van der Waals surface area (Å²) in [4.78, 5) is 34.2. The van der Waals surface area contributed by atoms with Crippen LogP contribution in [-0.4, -0.2) is 59.2 Å². The summed E-state index contributed by atoms with van der Waals surface area (Å²) in [5.41, 5.74) is 4.17. The van der Waals surface area contributed by atoms with E-state index in [2.05, 4.69) is 11.1 Å². The van der Waals surface area contributed by atoms with Crippen LogP contribution >= 0.6 is 11.3 Å². The Labute approximate surface area is 213 Å². The first-order chi connectivity index (χ1) is 17.6. The van der Waals surface area contributed by atoms with Gasteiger partial charge in [-0.3, -0.25) is 14.5 Å². The van der Waals surface area contributed by atoms with E-state index >= 15 is 0 Å². The Morgan fingerprint density at radius 3 is 2.81 bits per heavy atom. The molecule has 0 radical (unpaired) electrons. The number of hydrogen-bond acceptors (Lipinski definition) is 7. The second-order valence-corrected chi connectivity index (χ2v) is 10.4. The molecule has 1 saturated heterocycles. The Morgan fingerprint density at radius 2 is 1.94 bits per heavy atom. The topological polar surface area (TPSA) is 92.2 Å². The highest BCUT2D eigenvalue weighted by Gasteiger charge is 2.31. The molecule has 36 heavy (non-hydrogen) atoms. The molecule has 1 atom stereocenters. The highest BCUT2D eigenvalue weighted by Crippen LogP contribution is 2.40. The van der Waals surface area contributed by atoms with Crippen molar-refractivity contribution in [1.29, 1.82) is 0 Å². The fourth-order valence-corrected chi connectivity index (χ4v) is 6.27. The lowest BCUT2D eigenvalue weighted by Crippen LogP contribution is -2.43. The number of anilines is 1. The van der Waals surface area contributed by atoms with E-state index in [0.29, 0.717) is 37.7 Å². The maximum absolute atomic E-state index is 13.5. The molecule has 8 nitrogen and oxygen atoms in total. The molecule has 0 unspecified atom stereocenters. The quantitative estimate of drug-likeness (QED) is 0.555. The average Bonchev–Trinajstić information content (AvgIpc) is 3.55. The monoisotopic (exact) mass is 505 g/mol. The number of carbonyl (C=O) groups excluding carboxylic acids is 1. The standard InChI is InChI=1S/C27H27N3O5S/c31-26(25-28-15-18(36-25)16-29-10-2-1-5-22(29)27(32)33)30-11-9-20-19(4-3-6-21(20)30)17-7-8-23-24(14-17)35-13-12-34-23/h3-4,6-8,14-15,22H,1-2,5,9-13,16H2,(H,32,33)/t22-/m0/s1. The third-order valence-corrected chi connectivity index (χ3v) is 8.09. The summed E-state index contributed by atoms with van der Waals surface area (Å²) < 4.78 is 11.4. The Balaban J connectivity index is 1.22. The molecule has 2 aromatic carbocycles. The molecule has 186 valence electrons. The van der Waals surface area contributed by atoms with Gasteiger partial charge in [0.1, 0.15) is 19.3 Å². The van der Waals surface area contributed by atoms with Crippen LogP contribution in [0.25, 0.3) is 11.1 Å². The van der Waals surface area contributed by atoms with Crippen molar-refractivity contribution in [3.05, 3.63) is 58.0 Å². The predicted molar refractivity (Wildman–Crippen MR) is 136 cm³/mol. The summed E-state index contributed by atoms with van der Waals surface area (Å²) in [6, 6.07) is 11.6. The number of carboxylic acid groups (broad SMARTS) is 1. The van der Waals surface area contributed by atoms with Crippen LogP contribution in [0, 0.1) is 0 Å². The number of aliphatic carboxylic acids is 1. The number of thiazole rings is 1. The van der Waals surface area contributed by atoms with E-state index in [1.807, 2.05) is 35.2 Å². The Bertz CT molecular complexity index is 1320. The second kappa shape index (κ2) is 9.55. The minimum Gasteiger partial charge on any atom is -0.486 e. The van der Waals surface area contributed by atoms with E-state index < -0.39 is 12.0 Å². The van der Waals surface area contributed by atoms with Crippen LogP contribution in [-0.2, 0) is 17.8 Å². The van der Waals surface area contributed by atoms with Crippen LogP contribution in [0.15, 0.2) is 42.6 Å². The molecule has 1 N–H and O–H groups in total. The van der Waals surface area contributed by atoms with E-state index in [1.54, 1.807) is 11.1 Å². The molecule has 4 heterocycles. The van der Waals surface area contributed by atoms with Crippen molar-refractivity contribution in [1.82, 2.24) is 9.88 Å². The zero-order valence-electron chi connectivity index (χ0n) is 19.8. The van der Waals surface area contributed by atoms with Gasteiger partial charge in [-0.15, -0.1) is 11.3 Å². The number of ether oxygens (including phenoxy) is 2. The zero-order valence-corrected chi connectivity index (χ0v) is 20.6. The van der Waals surface area contributed by atoms with Crippen LogP contribution in [0.3, 0.4) is 0 Å². The summed E-state index contributed by atoms with van der Waals surface area (Å²) in [5, 5.41) is 9.99. The SMILES string of the molecule is O=C(O)[C@@H]1CCCCN1Cc1cnc(C(=O)N2CCc3c(-c4ccc5c(c4)OCCO5)cccc32)s1. The smallest absolute Gasteiger partial charge is 0.320 e.